The van der Waals surface area contributed by atoms with Crippen molar-refractivity contribution in [2.24, 2.45) is 0 Å². The predicted molar refractivity (Wildman–Crippen MR) is 72.3 cm³/mol. The van der Waals surface area contributed by atoms with E-state index >= 15 is 0 Å². The van der Waals surface area contributed by atoms with Crippen LogP contribution in [0.3, 0.4) is 0 Å². The molecule has 0 unspecified atom stereocenters. The Morgan fingerprint density at radius 2 is 1.71 bits per heavy atom. The molecule has 2 aromatic carbocycles. The monoisotopic (exact) mass is 290 g/mol. The summed E-state index contributed by atoms with van der Waals surface area (Å²) in [4.78, 5) is 22.2. The number of hydrogen-bond acceptors (Lipinski definition) is 3. The third-order valence-corrected chi connectivity index (χ3v) is 2.96. The summed E-state index contributed by atoms with van der Waals surface area (Å²) >= 11 is 0. The Morgan fingerprint density at radius 1 is 1.00 bits per heavy atom. The Labute approximate surface area is 119 Å². The highest BCUT2D eigenvalue weighted by molar-refractivity contribution is 5.99. The number of carboxylic acids is 2. The van der Waals surface area contributed by atoms with Crippen LogP contribution in [0.25, 0.3) is 11.1 Å². The smallest absolute Gasteiger partial charge is 0.336 e. The molecule has 0 saturated heterocycles. The number of benzene rings is 2. The van der Waals surface area contributed by atoms with Crippen LogP contribution < -0.4 is 4.74 Å². The van der Waals surface area contributed by atoms with Crippen LogP contribution in [0.2, 0.25) is 0 Å². The lowest BCUT2D eigenvalue weighted by Crippen LogP contribution is -2.05. The second kappa shape index (κ2) is 5.62. The number of halogens is 1. The Hall–Kier alpha value is -2.89. The fourth-order valence-corrected chi connectivity index (χ4v) is 1.93. The summed E-state index contributed by atoms with van der Waals surface area (Å²) in [5.74, 6) is -2.85. The van der Waals surface area contributed by atoms with Gasteiger partial charge in [0, 0.05) is 5.56 Å². The fraction of sp³-hybridized carbons (Fsp3) is 0.0667. The maximum atomic E-state index is 13.9. The largest absolute Gasteiger partial charge is 0.497 e. The van der Waals surface area contributed by atoms with Gasteiger partial charge in [0.05, 0.1) is 18.2 Å². The number of methoxy groups -OCH3 is 1. The first-order valence-corrected chi connectivity index (χ1v) is 5.88. The third kappa shape index (κ3) is 2.84. The summed E-state index contributed by atoms with van der Waals surface area (Å²) < 4.78 is 18.9. The number of ether oxygens (including phenoxy) is 1. The van der Waals surface area contributed by atoms with Crippen molar-refractivity contribution < 1.29 is 28.9 Å². The van der Waals surface area contributed by atoms with Crippen molar-refractivity contribution in [1.82, 2.24) is 0 Å². The maximum absolute atomic E-state index is 13.9. The predicted octanol–water partition coefficient (Wildman–Crippen LogP) is 2.90. The van der Waals surface area contributed by atoms with Crippen molar-refractivity contribution in [3.63, 3.8) is 0 Å². The Bertz CT molecular complexity index is 724. The molecule has 0 radical (unpaired) electrons. The molecule has 2 aromatic rings. The normalized spacial score (nSPS) is 10.2. The molecule has 0 bridgehead atoms. The second-order valence-corrected chi connectivity index (χ2v) is 4.22. The summed E-state index contributed by atoms with van der Waals surface area (Å²) in [6.07, 6.45) is 0. The molecule has 2 N–H and O–H groups in total. The topological polar surface area (TPSA) is 83.8 Å². The number of hydrogen-bond donors (Lipinski definition) is 2. The zero-order valence-electron chi connectivity index (χ0n) is 11.0. The fourth-order valence-electron chi connectivity index (χ4n) is 1.93. The van der Waals surface area contributed by atoms with E-state index < -0.39 is 17.8 Å². The van der Waals surface area contributed by atoms with E-state index in [1.165, 1.54) is 31.4 Å². The molecule has 0 fully saturated rings. The molecule has 0 aliphatic carbocycles. The van der Waals surface area contributed by atoms with Crippen molar-refractivity contribution in [2.75, 3.05) is 7.11 Å². The molecule has 2 rings (SSSR count). The van der Waals surface area contributed by atoms with Crippen LogP contribution in [0.15, 0.2) is 36.4 Å². The van der Waals surface area contributed by atoms with Gasteiger partial charge >= 0.3 is 11.9 Å². The van der Waals surface area contributed by atoms with Gasteiger partial charge in [0.15, 0.2) is 0 Å². The lowest BCUT2D eigenvalue weighted by Gasteiger charge is -2.10. The van der Waals surface area contributed by atoms with Crippen LogP contribution in [0, 0.1) is 5.82 Å². The zero-order chi connectivity index (χ0) is 15.6. The Balaban J connectivity index is 2.68. The molecular formula is C15H11FO5. The minimum atomic E-state index is -1.34. The number of aromatic carboxylic acids is 2. The molecule has 0 saturated carbocycles. The van der Waals surface area contributed by atoms with E-state index in [4.69, 9.17) is 9.84 Å². The first-order valence-electron chi connectivity index (χ1n) is 5.88. The molecule has 0 spiro atoms. The van der Waals surface area contributed by atoms with Crippen LogP contribution in [-0.2, 0) is 0 Å². The van der Waals surface area contributed by atoms with Crippen molar-refractivity contribution in [1.29, 1.82) is 0 Å². The van der Waals surface area contributed by atoms with E-state index in [-0.39, 0.29) is 22.3 Å². The van der Waals surface area contributed by atoms with Gasteiger partial charge in [-0.15, -0.1) is 0 Å². The van der Waals surface area contributed by atoms with Crippen LogP contribution in [-0.4, -0.2) is 29.3 Å². The third-order valence-electron chi connectivity index (χ3n) is 2.96. The van der Waals surface area contributed by atoms with Gasteiger partial charge in [-0.25, -0.2) is 14.0 Å². The summed E-state index contributed by atoms with van der Waals surface area (Å²) in [5, 5.41) is 18.1. The van der Waals surface area contributed by atoms with Crippen molar-refractivity contribution in [3.05, 3.63) is 53.3 Å². The molecule has 6 heteroatoms. The summed E-state index contributed by atoms with van der Waals surface area (Å²) in [5.41, 5.74) is -0.353. The van der Waals surface area contributed by atoms with E-state index in [0.29, 0.717) is 5.75 Å². The maximum Gasteiger partial charge on any atom is 0.336 e. The number of rotatable bonds is 4. The van der Waals surface area contributed by atoms with Gasteiger partial charge in [0.2, 0.25) is 0 Å². The summed E-state index contributed by atoms with van der Waals surface area (Å²) in [6.45, 7) is 0. The molecule has 5 nitrogen and oxygen atoms in total. The van der Waals surface area contributed by atoms with Crippen molar-refractivity contribution >= 4 is 11.9 Å². The molecule has 0 heterocycles. The standard InChI is InChI=1S/C15H11FO5/c1-21-9-3-5-13(16)11(7-9)10-4-2-8(14(17)18)6-12(10)15(19)20/h2-7H,1H3,(H,17,18)(H,19,20). The Kier molecular flexibility index (Phi) is 3.89. The van der Waals surface area contributed by atoms with Gasteiger partial charge in [-0.05, 0) is 35.9 Å². The SMILES string of the molecule is COc1ccc(F)c(-c2ccc(C(=O)O)cc2C(=O)O)c1. The molecule has 0 amide bonds. The van der Waals surface area contributed by atoms with Crippen LogP contribution in [0.1, 0.15) is 20.7 Å². The van der Waals surface area contributed by atoms with Gasteiger partial charge in [-0.3, -0.25) is 0 Å². The van der Waals surface area contributed by atoms with E-state index in [9.17, 15) is 19.1 Å². The second-order valence-electron chi connectivity index (χ2n) is 4.22. The van der Waals surface area contributed by atoms with Gasteiger partial charge < -0.3 is 14.9 Å². The van der Waals surface area contributed by atoms with Crippen LogP contribution in [0.4, 0.5) is 4.39 Å². The van der Waals surface area contributed by atoms with E-state index in [1.807, 2.05) is 0 Å². The van der Waals surface area contributed by atoms with E-state index in [0.717, 1.165) is 12.1 Å². The first-order chi connectivity index (χ1) is 9.93. The lowest BCUT2D eigenvalue weighted by atomic mass is 9.97. The minimum Gasteiger partial charge on any atom is -0.497 e. The minimum absolute atomic E-state index is 0.0312. The number of carbonyl (C=O) groups is 2. The molecule has 0 aliphatic heterocycles. The highest BCUT2D eigenvalue weighted by Gasteiger charge is 2.18. The van der Waals surface area contributed by atoms with Gasteiger partial charge in [0.25, 0.3) is 0 Å². The molecule has 108 valence electrons. The molecule has 0 atom stereocenters. The summed E-state index contributed by atoms with van der Waals surface area (Å²) in [7, 11) is 1.41. The average Bonchev–Trinajstić information content (AvgIpc) is 2.47. The van der Waals surface area contributed by atoms with Gasteiger partial charge in [0.1, 0.15) is 11.6 Å². The van der Waals surface area contributed by atoms with Gasteiger partial charge in [-0.1, -0.05) is 6.07 Å². The summed E-state index contributed by atoms with van der Waals surface area (Å²) in [6, 6.07) is 7.42. The first kappa shape index (κ1) is 14.5. The highest BCUT2D eigenvalue weighted by Crippen LogP contribution is 2.30. The van der Waals surface area contributed by atoms with Crippen molar-refractivity contribution in [3.8, 4) is 16.9 Å². The zero-order valence-corrected chi connectivity index (χ0v) is 11.0. The quantitative estimate of drug-likeness (QED) is 0.904. The van der Waals surface area contributed by atoms with E-state index in [1.54, 1.807) is 0 Å². The lowest BCUT2D eigenvalue weighted by molar-refractivity contribution is 0.0696. The van der Waals surface area contributed by atoms with E-state index in [2.05, 4.69) is 0 Å². The van der Waals surface area contributed by atoms with Gasteiger partial charge in [-0.2, -0.15) is 0 Å². The molecular weight excluding hydrogens is 279 g/mol. The van der Waals surface area contributed by atoms with Crippen LogP contribution in [0.5, 0.6) is 5.75 Å². The van der Waals surface area contributed by atoms with Crippen molar-refractivity contribution in [2.45, 2.75) is 0 Å². The molecule has 21 heavy (non-hydrogen) atoms. The highest BCUT2D eigenvalue weighted by atomic mass is 19.1. The van der Waals surface area contributed by atoms with Crippen LogP contribution >= 0.6 is 0 Å². The average molecular weight is 290 g/mol. The molecule has 0 aromatic heterocycles. The number of carboxylic acid groups (broad SMARTS) is 2. The molecule has 0 aliphatic rings. The Morgan fingerprint density at radius 3 is 2.29 bits per heavy atom.